The third-order valence-electron chi connectivity index (χ3n) is 1.37. The summed E-state index contributed by atoms with van der Waals surface area (Å²) in [6, 6.07) is 2.26. The molecule has 1 aromatic rings. The van der Waals surface area contributed by atoms with E-state index >= 15 is 0 Å². The normalized spacial score (nSPS) is 12.1. The second-order valence-electron chi connectivity index (χ2n) is 2.91. The topological polar surface area (TPSA) is 62.3 Å². The van der Waals surface area contributed by atoms with Crippen LogP contribution in [0.2, 0.25) is 5.15 Å². The van der Waals surface area contributed by atoms with Crippen LogP contribution >= 0.6 is 11.6 Å². The van der Waals surface area contributed by atoms with Crippen molar-refractivity contribution in [3.8, 4) is 0 Å². The first-order valence-electron chi connectivity index (χ1n) is 3.85. The predicted octanol–water partition coefficient (Wildman–Crippen LogP) is 0.629. The number of sulfonamides is 1. The molecule has 0 radical (unpaired) electrons. The molecule has 84 valence electrons. The van der Waals surface area contributed by atoms with Crippen molar-refractivity contribution >= 4 is 21.6 Å². The van der Waals surface area contributed by atoms with Crippen molar-refractivity contribution in [1.29, 1.82) is 0 Å². The fourth-order valence-electron chi connectivity index (χ4n) is 0.889. The number of halogens is 2. The van der Waals surface area contributed by atoms with Gasteiger partial charge < -0.3 is 0 Å². The summed E-state index contributed by atoms with van der Waals surface area (Å²) >= 11 is 5.40. The SMILES string of the molecule is CN(C)NS(=O)(=O)c1ccc(Cl)nc1F. The molecule has 0 aromatic carbocycles. The maximum Gasteiger partial charge on any atom is 0.257 e. The van der Waals surface area contributed by atoms with Crippen LogP contribution < -0.4 is 4.83 Å². The van der Waals surface area contributed by atoms with Gasteiger partial charge in [-0.15, -0.1) is 4.83 Å². The molecule has 0 unspecified atom stereocenters. The standard InChI is InChI=1S/C7H9ClFN3O2S/c1-12(2)11-15(13,14)5-3-4-6(8)10-7(5)9/h3-4,11H,1-2H3. The summed E-state index contributed by atoms with van der Waals surface area (Å²) in [5.74, 6) is -1.13. The van der Waals surface area contributed by atoms with E-state index in [9.17, 15) is 12.8 Å². The summed E-state index contributed by atoms with van der Waals surface area (Å²) in [6.45, 7) is 0. The molecule has 8 heteroatoms. The molecular weight excluding hydrogens is 245 g/mol. The lowest BCUT2D eigenvalue weighted by Gasteiger charge is -2.12. The Hall–Kier alpha value is -0.760. The number of hydrogen-bond donors (Lipinski definition) is 1. The molecule has 0 amide bonds. The molecule has 0 aliphatic heterocycles. The van der Waals surface area contributed by atoms with E-state index in [1.165, 1.54) is 25.2 Å². The number of hydrogen-bond acceptors (Lipinski definition) is 4. The molecule has 1 N–H and O–H groups in total. The van der Waals surface area contributed by atoms with Crippen LogP contribution in [-0.2, 0) is 10.0 Å². The van der Waals surface area contributed by atoms with Crippen LogP contribution in [-0.4, -0.2) is 32.5 Å². The smallest absolute Gasteiger partial charge is 0.237 e. The van der Waals surface area contributed by atoms with Crippen molar-refractivity contribution in [2.45, 2.75) is 4.90 Å². The molecule has 0 fully saturated rings. The average molecular weight is 254 g/mol. The molecule has 1 aromatic heterocycles. The van der Waals surface area contributed by atoms with E-state index in [0.29, 0.717) is 0 Å². The highest BCUT2D eigenvalue weighted by molar-refractivity contribution is 7.89. The zero-order valence-corrected chi connectivity index (χ0v) is 9.60. The van der Waals surface area contributed by atoms with E-state index in [1.807, 2.05) is 0 Å². The molecule has 15 heavy (non-hydrogen) atoms. The van der Waals surface area contributed by atoms with Crippen LogP contribution in [0.25, 0.3) is 0 Å². The molecule has 5 nitrogen and oxygen atoms in total. The van der Waals surface area contributed by atoms with Gasteiger partial charge in [-0.1, -0.05) is 11.6 Å². The number of rotatable bonds is 3. The van der Waals surface area contributed by atoms with Crippen LogP contribution in [0.15, 0.2) is 17.0 Å². The van der Waals surface area contributed by atoms with Crippen molar-refractivity contribution in [3.63, 3.8) is 0 Å². The van der Waals surface area contributed by atoms with Crippen LogP contribution in [0.3, 0.4) is 0 Å². The second-order valence-corrected chi connectivity index (χ2v) is 4.93. The van der Waals surface area contributed by atoms with Gasteiger partial charge in [-0.3, -0.25) is 0 Å². The number of pyridine rings is 1. The number of nitrogens with zero attached hydrogens (tertiary/aromatic N) is 2. The maximum atomic E-state index is 13.2. The van der Waals surface area contributed by atoms with E-state index in [2.05, 4.69) is 9.82 Å². The van der Waals surface area contributed by atoms with Crippen molar-refractivity contribution in [3.05, 3.63) is 23.2 Å². The summed E-state index contributed by atoms with van der Waals surface area (Å²) in [5.41, 5.74) is 0. The van der Waals surface area contributed by atoms with Gasteiger partial charge in [-0.25, -0.2) is 18.4 Å². The van der Waals surface area contributed by atoms with Crippen LogP contribution in [0.5, 0.6) is 0 Å². The van der Waals surface area contributed by atoms with Gasteiger partial charge in [0.15, 0.2) is 0 Å². The lowest BCUT2D eigenvalue weighted by molar-refractivity contribution is 0.362. The van der Waals surface area contributed by atoms with Crippen LogP contribution in [0.4, 0.5) is 4.39 Å². The fourth-order valence-corrected chi connectivity index (χ4v) is 2.12. The highest BCUT2D eigenvalue weighted by Crippen LogP contribution is 2.15. The predicted molar refractivity (Wildman–Crippen MR) is 53.2 cm³/mol. The van der Waals surface area contributed by atoms with Crippen molar-refractivity contribution < 1.29 is 12.8 Å². The van der Waals surface area contributed by atoms with Gasteiger partial charge >= 0.3 is 0 Å². The minimum Gasteiger partial charge on any atom is -0.237 e. The Kier molecular flexibility index (Phi) is 3.61. The molecule has 1 heterocycles. The second kappa shape index (κ2) is 4.40. The molecule has 0 atom stereocenters. The van der Waals surface area contributed by atoms with E-state index in [1.54, 1.807) is 0 Å². The Morgan fingerprint density at radius 1 is 1.47 bits per heavy atom. The van der Waals surface area contributed by atoms with Gasteiger partial charge in [-0.05, 0) is 12.1 Å². The molecule has 0 saturated heterocycles. The van der Waals surface area contributed by atoms with Gasteiger partial charge in [0, 0.05) is 14.1 Å². The molecule has 0 saturated carbocycles. The molecule has 1 rings (SSSR count). The van der Waals surface area contributed by atoms with Crippen molar-refractivity contribution in [1.82, 2.24) is 14.8 Å². The van der Waals surface area contributed by atoms with Gasteiger partial charge in [0.1, 0.15) is 10.0 Å². The Morgan fingerprint density at radius 3 is 2.53 bits per heavy atom. The van der Waals surface area contributed by atoms with E-state index in [0.717, 1.165) is 6.07 Å². The quantitative estimate of drug-likeness (QED) is 0.634. The van der Waals surface area contributed by atoms with E-state index in [4.69, 9.17) is 11.6 Å². The average Bonchev–Trinajstić information content (AvgIpc) is 1.99. The summed E-state index contributed by atoms with van der Waals surface area (Å²) in [7, 11) is -0.985. The highest BCUT2D eigenvalue weighted by atomic mass is 35.5. The zero-order chi connectivity index (χ0) is 11.6. The molecule has 0 aliphatic rings. The van der Waals surface area contributed by atoms with Crippen LogP contribution in [0.1, 0.15) is 0 Å². The summed E-state index contributed by atoms with van der Waals surface area (Å²) in [5, 5.41) is 1.08. The first-order valence-corrected chi connectivity index (χ1v) is 5.71. The third kappa shape index (κ3) is 3.10. The van der Waals surface area contributed by atoms with E-state index < -0.39 is 20.9 Å². The number of hydrazine groups is 1. The molecule has 0 aliphatic carbocycles. The van der Waals surface area contributed by atoms with Gasteiger partial charge in [0.25, 0.3) is 10.0 Å². The number of aromatic nitrogens is 1. The monoisotopic (exact) mass is 253 g/mol. The Labute approximate surface area is 91.9 Å². The summed E-state index contributed by atoms with van der Waals surface area (Å²) in [4.78, 5) is 4.75. The molecular formula is C7H9ClFN3O2S. The molecule has 0 bridgehead atoms. The summed E-state index contributed by atoms with van der Waals surface area (Å²) in [6.07, 6.45) is 0. The molecule has 0 spiro atoms. The van der Waals surface area contributed by atoms with Crippen molar-refractivity contribution in [2.24, 2.45) is 0 Å². The minimum absolute atomic E-state index is 0.101. The first kappa shape index (κ1) is 12.3. The van der Waals surface area contributed by atoms with Gasteiger partial charge in [0.05, 0.1) is 0 Å². The van der Waals surface area contributed by atoms with Crippen LogP contribution in [0, 0.1) is 5.95 Å². The third-order valence-corrected chi connectivity index (χ3v) is 3.07. The maximum absolute atomic E-state index is 13.2. The highest BCUT2D eigenvalue weighted by Gasteiger charge is 2.20. The van der Waals surface area contributed by atoms with E-state index in [-0.39, 0.29) is 5.15 Å². The van der Waals surface area contributed by atoms with Crippen molar-refractivity contribution in [2.75, 3.05) is 14.1 Å². The Balaban J connectivity index is 3.16. The fraction of sp³-hybridized carbons (Fsp3) is 0.286. The summed E-state index contributed by atoms with van der Waals surface area (Å²) < 4.78 is 36.2. The number of nitrogens with one attached hydrogen (secondary N) is 1. The lowest BCUT2D eigenvalue weighted by atomic mass is 10.5. The minimum atomic E-state index is -3.93. The lowest BCUT2D eigenvalue weighted by Crippen LogP contribution is -2.36. The Morgan fingerprint density at radius 2 is 2.07 bits per heavy atom. The zero-order valence-electron chi connectivity index (χ0n) is 8.03. The first-order chi connectivity index (χ1) is 6.83. The van der Waals surface area contributed by atoms with Gasteiger partial charge in [-0.2, -0.15) is 4.39 Å². The largest absolute Gasteiger partial charge is 0.257 e. The van der Waals surface area contributed by atoms with Gasteiger partial charge in [0.2, 0.25) is 5.95 Å². The Bertz CT molecular complexity index is 463.